The SMILES string of the molecule is C=CCN1CCC23c4c5ccc(OC(=O)CCCCCCCCC)c4OC2C(=O)CCC3(O)C1C5. The number of carbonyl (C=O) groups is 2. The fourth-order valence-electron chi connectivity index (χ4n) is 7.27. The Morgan fingerprint density at radius 2 is 2.00 bits per heavy atom. The van der Waals surface area contributed by atoms with E-state index in [1.807, 2.05) is 18.2 Å². The van der Waals surface area contributed by atoms with Gasteiger partial charge in [-0.3, -0.25) is 14.5 Å². The average molecular weight is 482 g/mol. The van der Waals surface area contributed by atoms with E-state index in [0.29, 0.717) is 50.1 Å². The van der Waals surface area contributed by atoms with Crippen molar-refractivity contribution in [3.8, 4) is 11.5 Å². The number of hydrogen-bond donors (Lipinski definition) is 1. The minimum atomic E-state index is -1.05. The van der Waals surface area contributed by atoms with Crippen molar-refractivity contribution in [2.75, 3.05) is 13.1 Å². The first-order valence-electron chi connectivity index (χ1n) is 13.6. The number of hydrogen-bond acceptors (Lipinski definition) is 6. The maximum atomic E-state index is 13.1. The van der Waals surface area contributed by atoms with Crippen LogP contribution in [0.15, 0.2) is 24.8 Å². The summed E-state index contributed by atoms with van der Waals surface area (Å²) in [6.45, 7) is 7.59. The van der Waals surface area contributed by atoms with E-state index in [4.69, 9.17) is 9.47 Å². The molecule has 1 aromatic carbocycles. The summed E-state index contributed by atoms with van der Waals surface area (Å²) in [6, 6.07) is 3.73. The van der Waals surface area contributed by atoms with Crippen LogP contribution in [-0.2, 0) is 21.4 Å². The van der Waals surface area contributed by atoms with Crippen molar-refractivity contribution < 1.29 is 24.2 Å². The molecule has 1 spiro atoms. The highest BCUT2D eigenvalue weighted by atomic mass is 16.6. The molecular formula is C29H39NO5. The van der Waals surface area contributed by atoms with Crippen LogP contribution in [0.4, 0.5) is 0 Å². The molecule has 1 saturated heterocycles. The molecule has 2 fully saturated rings. The number of carbonyl (C=O) groups excluding carboxylic acids is 2. The Balaban J connectivity index is 1.37. The third-order valence-corrected chi connectivity index (χ3v) is 8.93. The van der Waals surface area contributed by atoms with Gasteiger partial charge < -0.3 is 14.6 Å². The lowest BCUT2D eigenvalue weighted by Gasteiger charge is -2.62. The van der Waals surface area contributed by atoms with Crippen LogP contribution in [-0.4, -0.2) is 52.6 Å². The fourth-order valence-corrected chi connectivity index (χ4v) is 7.27. The number of nitrogens with zero attached hydrogens (tertiary/aromatic N) is 1. The Hall–Kier alpha value is -2.18. The third-order valence-electron chi connectivity index (χ3n) is 8.93. The van der Waals surface area contributed by atoms with Gasteiger partial charge in [0.2, 0.25) is 0 Å². The third kappa shape index (κ3) is 3.84. The van der Waals surface area contributed by atoms with E-state index in [9.17, 15) is 14.7 Å². The molecule has 190 valence electrons. The van der Waals surface area contributed by atoms with Gasteiger partial charge in [0.1, 0.15) is 0 Å². The molecule has 2 heterocycles. The van der Waals surface area contributed by atoms with Crippen LogP contribution in [0.25, 0.3) is 0 Å². The van der Waals surface area contributed by atoms with E-state index in [2.05, 4.69) is 18.4 Å². The molecule has 5 rings (SSSR count). The molecule has 0 aromatic heterocycles. The predicted octanol–water partition coefficient (Wildman–Crippen LogP) is 4.64. The van der Waals surface area contributed by atoms with Crippen LogP contribution in [0.1, 0.15) is 88.7 Å². The summed E-state index contributed by atoms with van der Waals surface area (Å²) in [5.74, 6) is 0.670. The Labute approximate surface area is 208 Å². The monoisotopic (exact) mass is 481 g/mol. The van der Waals surface area contributed by atoms with Gasteiger partial charge >= 0.3 is 5.97 Å². The zero-order valence-corrected chi connectivity index (χ0v) is 21.0. The lowest BCUT2D eigenvalue weighted by molar-refractivity contribution is -0.187. The molecule has 2 aliphatic carbocycles. The van der Waals surface area contributed by atoms with Gasteiger partial charge in [-0.2, -0.15) is 0 Å². The van der Waals surface area contributed by atoms with Crippen LogP contribution >= 0.6 is 0 Å². The van der Waals surface area contributed by atoms with Crippen molar-refractivity contribution in [1.29, 1.82) is 0 Å². The van der Waals surface area contributed by atoms with Crippen molar-refractivity contribution >= 4 is 11.8 Å². The minimum absolute atomic E-state index is 0.0370. The predicted molar refractivity (Wildman–Crippen MR) is 134 cm³/mol. The molecule has 2 bridgehead atoms. The first kappa shape index (κ1) is 24.5. The summed E-state index contributed by atoms with van der Waals surface area (Å²) < 4.78 is 12.1. The molecular weight excluding hydrogens is 442 g/mol. The second-order valence-electron chi connectivity index (χ2n) is 10.9. The number of likely N-dealkylation sites (tertiary alicyclic amines) is 1. The van der Waals surface area contributed by atoms with Crippen molar-refractivity contribution in [1.82, 2.24) is 4.90 Å². The number of rotatable bonds is 11. The first-order valence-corrected chi connectivity index (χ1v) is 13.6. The van der Waals surface area contributed by atoms with Gasteiger partial charge in [-0.05, 0) is 37.3 Å². The number of Topliss-reactive ketones (excluding diaryl/α,β-unsaturated/α-hetero) is 1. The summed E-state index contributed by atoms with van der Waals surface area (Å²) in [7, 11) is 0. The minimum Gasteiger partial charge on any atom is -0.477 e. The Kier molecular flexibility index (Phi) is 6.79. The second-order valence-corrected chi connectivity index (χ2v) is 10.9. The van der Waals surface area contributed by atoms with Crippen molar-refractivity contribution in [2.45, 2.75) is 107 Å². The average Bonchev–Trinajstić information content (AvgIpc) is 3.20. The van der Waals surface area contributed by atoms with Gasteiger partial charge in [-0.15, -0.1) is 6.58 Å². The summed E-state index contributed by atoms with van der Waals surface area (Å²) in [6.07, 6.45) is 11.6. The molecule has 4 atom stereocenters. The zero-order chi connectivity index (χ0) is 24.6. The maximum Gasteiger partial charge on any atom is 0.311 e. The smallest absolute Gasteiger partial charge is 0.311 e. The van der Waals surface area contributed by atoms with Crippen molar-refractivity contribution in [3.63, 3.8) is 0 Å². The van der Waals surface area contributed by atoms with E-state index in [1.54, 1.807) is 0 Å². The molecule has 6 nitrogen and oxygen atoms in total. The van der Waals surface area contributed by atoms with Gasteiger partial charge in [-0.1, -0.05) is 57.6 Å². The number of aliphatic hydroxyl groups is 1. The molecule has 1 N–H and O–H groups in total. The van der Waals surface area contributed by atoms with Crippen LogP contribution in [0.5, 0.6) is 11.5 Å². The largest absolute Gasteiger partial charge is 0.477 e. The zero-order valence-electron chi connectivity index (χ0n) is 21.0. The number of benzene rings is 1. The Morgan fingerprint density at radius 1 is 1.23 bits per heavy atom. The van der Waals surface area contributed by atoms with Crippen LogP contribution in [0, 0.1) is 0 Å². The Morgan fingerprint density at radius 3 is 2.77 bits per heavy atom. The van der Waals surface area contributed by atoms with E-state index in [1.165, 1.54) is 25.7 Å². The number of esters is 1. The normalized spacial score (nSPS) is 30.5. The Bertz CT molecular complexity index is 1010. The summed E-state index contributed by atoms with van der Waals surface area (Å²) in [4.78, 5) is 28.1. The summed E-state index contributed by atoms with van der Waals surface area (Å²) in [5.41, 5.74) is 0.182. The molecule has 4 aliphatic rings. The highest BCUT2D eigenvalue weighted by Gasteiger charge is 2.73. The van der Waals surface area contributed by atoms with Gasteiger partial charge in [0.25, 0.3) is 0 Å². The highest BCUT2D eigenvalue weighted by molar-refractivity contribution is 5.90. The molecule has 0 radical (unpaired) electrons. The summed E-state index contributed by atoms with van der Waals surface area (Å²) in [5, 5.41) is 12.2. The van der Waals surface area contributed by atoms with Crippen molar-refractivity contribution in [2.24, 2.45) is 0 Å². The topological polar surface area (TPSA) is 76.1 Å². The van der Waals surface area contributed by atoms with Crippen LogP contribution in [0.3, 0.4) is 0 Å². The standard InChI is InChI=1S/C29H39NO5/c1-3-5-6-7-8-9-10-11-24(32)34-22-13-12-20-19-23-29(33)15-14-21(31)27-28(29,25(20)26(22)35-27)16-18-30(23)17-4-2/h4,12-13,23,27,33H,2-3,5-11,14-19H2,1H3. The van der Waals surface area contributed by atoms with Crippen LogP contribution < -0.4 is 9.47 Å². The molecule has 1 saturated carbocycles. The van der Waals surface area contributed by atoms with Gasteiger partial charge in [0, 0.05) is 37.5 Å². The number of ether oxygens (including phenoxy) is 2. The van der Waals surface area contributed by atoms with E-state index < -0.39 is 17.1 Å². The van der Waals surface area contributed by atoms with Gasteiger partial charge in [-0.25, -0.2) is 0 Å². The summed E-state index contributed by atoms with van der Waals surface area (Å²) >= 11 is 0. The number of unbranched alkanes of at least 4 members (excludes halogenated alkanes) is 6. The van der Waals surface area contributed by atoms with Crippen molar-refractivity contribution in [3.05, 3.63) is 35.9 Å². The van der Waals surface area contributed by atoms with E-state index in [-0.39, 0.29) is 17.8 Å². The van der Waals surface area contributed by atoms with E-state index in [0.717, 1.165) is 36.9 Å². The number of piperidine rings is 1. The van der Waals surface area contributed by atoms with E-state index >= 15 is 0 Å². The van der Waals surface area contributed by atoms with Gasteiger partial charge in [0.05, 0.1) is 11.0 Å². The molecule has 1 aromatic rings. The maximum absolute atomic E-state index is 13.1. The number of ketones is 1. The lowest BCUT2D eigenvalue weighted by Crippen LogP contribution is -2.76. The molecule has 6 heteroatoms. The quantitative estimate of drug-likeness (QED) is 0.215. The first-order chi connectivity index (χ1) is 17.0. The lowest BCUT2D eigenvalue weighted by atomic mass is 9.49. The fraction of sp³-hybridized carbons (Fsp3) is 0.655. The second kappa shape index (κ2) is 9.70. The van der Waals surface area contributed by atoms with Crippen LogP contribution in [0.2, 0.25) is 0 Å². The van der Waals surface area contributed by atoms with Gasteiger partial charge in [0.15, 0.2) is 23.4 Å². The molecule has 35 heavy (non-hydrogen) atoms. The molecule has 0 amide bonds. The molecule has 2 aliphatic heterocycles. The highest BCUT2D eigenvalue weighted by Crippen LogP contribution is 2.64. The molecule has 4 unspecified atom stereocenters.